The van der Waals surface area contributed by atoms with E-state index in [9.17, 15) is 4.79 Å². The van der Waals surface area contributed by atoms with Gasteiger partial charge in [-0.15, -0.1) is 0 Å². The highest BCUT2D eigenvalue weighted by Gasteiger charge is 2.14. The average molecular weight is 318 g/mol. The van der Waals surface area contributed by atoms with Crippen LogP contribution in [0.2, 0.25) is 0 Å². The lowest BCUT2D eigenvalue weighted by atomic mass is 10.1. The van der Waals surface area contributed by atoms with E-state index in [4.69, 9.17) is 12.2 Å². The van der Waals surface area contributed by atoms with Crippen molar-refractivity contribution >= 4 is 12.2 Å². The molecule has 2 aromatic heterocycles. The van der Waals surface area contributed by atoms with E-state index in [-0.39, 0.29) is 5.56 Å². The van der Waals surface area contributed by atoms with Gasteiger partial charge in [0.2, 0.25) is 0 Å². The molecule has 1 N–H and O–H groups in total. The number of nitrogens with zero attached hydrogens (tertiary/aromatic N) is 3. The standard InChI is InChI=1S/C16H22N4OS/c1-12-17-8-11-19(12)9-5-10-20-15(21)13-6-3-2-4-7-14(13)18-16(20)22/h8,11H,2-7,9-10H2,1H3,(H,18,22). The molecule has 0 spiro atoms. The van der Waals surface area contributed by atoms with Gasteiger partial charge >= 0.3 is 0 Å². The molecule has 0 aromatic carbocycles. The number of hydrogen-bond donors (Lipinski definition) is 1. The topological polar surface area (TPSA) is 55.6 Å². The fourth-order valence-electron chi connectivity index (χ4n) is 3.15. The molecule has 118 valence electrons. The van der Waals surface area contributed by atoms with Crippen molar-refractivity contribution in [3.8, 4) is 0 Å². The molecule has 0 fully saturated rings. The molecule has 2 heterocycles. The summed E-state index contributed by atoms with van der Waals surface area (Å²) in [6, 6.07) is 0. The Kier molecular flexibility index (Phi) is 4.57. The fraction of sp³-hybridized carbons (Fsp3) is 0.562. The summed E-state index contributed by atoms with van der Waals surface area (Å²) in [5.41, 5.74) is 2.13. The van der Waals surface area contributed by atoms with Crippen LogP contribution in [0.3, 0.4) is 0 Å². The molecular formula is C16H22N4OS. The second kappa shape index (κ2) is 6.60. The smallest absolute Gasteiger partial charge is 0.257 e. The third-order valence-electron chi connectivity index (χ3n) is 4.43. The van der Waals surface area contributed by atoms with Crippen LogP contribution in [0.15, 0.2) is 17.2 Å². The van der Waals surface area contributed by atoms with E-state index < -0.39 is 0 Å². The van der Waals surface area contributed by atoms with Gasteiger partial charge in [-0.25, -0.2) is 4.98 Å². The third kappa shape index (κ3) is 3.06. The SMILES string of the molecule is Cc1nccn1CCCn1c(=S)[nH]c2c(c1=O)CCCCC2. The maximum Gasteiger partial charge on any atom is 0.257 e. The molecule has 2 aromatic rings. The minimum Gasteiger partial charge on any atom is -0.335 e. The van der Waals surface area contributed by atoms with Crippen LogP contribution in [0.5, 0.6) is 0 Å². The van der Waals surface area contributed by atoms with Crippen molar-refractivity contribution < 1.29 is 0 Å². The Morgan fingerprint density at radius 3 is 2.86 bits per heavy atom. The molecule has 6 heteroatoms. The molecule has 0 unspecified atom stereocenters. The highest BCUT2D eigenvalue weighted by atomic mass is 32.1. The van der Waals surface area contributed by atoms with Gasteiger partial charge in [0.05, 0.1) is 0 Å². The summed E-state index contributed by atoms with van der Waals surface area (Å²) < 4.78 is 4.39. The number of H-pyrrole nitrogens is 1. The number of aryl methyl sites for hydroxylation is 3. The van der Waals surface area contributed by atoms with Gasteiger partial charge in [0.1, 0.15) is 5.82 Å². The quantitative estimate of drug-likeness (QED) is 0.696. The van der Waals surface area contributed by atoms with Gasteiger partial charge in [0.15, 0.2) is 4.77 Å². The molecule has 0 saturated heterocycles. The van der Waals surface area contributed by atoms with Crippen LogP contribution >= 0.6 is 12.2 Å². The van der Waals surface area contributed by atoms with Gasteiger partial charge in [-0.2, -0.15) is 0 Å². The minimum absolute atomic E-state index is 0.114. The highest BCUT2D eigenvalue weighted by Crippen LogP contribution is 2.15. The first-order valence-electron chi connectivity index (χ1n) is 7.99. The minimum atomic E-state index is 0.114. The van der Waals surface area contributed by atoms with Gasteiger partial charge in [-0.1, -0.05) is 6.42 Å². The first kappa shape index (κ1) is 15.2. The zero-order chi connectivity index (χ0) is 15.5. The zero-order valence-electron chi connectivity index (χ0n) is 13.0. The zero-order valence-corrected chi connectivity index (χ0v) is 13.8. The molecule has 0 radical (unpaired) electrons. The van der Waals surface area contributed by atoms with Crippen LogP contribution in [0.25, 0.3) is 0 Å². The maximum absolute atomic E-state index is 12.7. The van der Waals surface area contributed by atoms with Crippen molar-refractivity contribution in [3.05, 3.63) is 44.6 Å². The lowest BCUT2D eigenvalue weighted by Gasteiger charge is -2.12. The predicted octanol–water partition coefficient (Wildman–Crippen LogP) is 2.77. The van der Waals surface area contributed by atoms with Crippen LogP contribution in [-0.4, -0.2) is 19.1 Å². The number of aromatic nitrogens is 4. The van der Waals surface area contributed by atoms with Crippen molar-refractivity contribution in [2.24, 2.45) is 0 Å². The summed E-state index contributed by atoms with van der Waals surface area (Å²) in [6.07, 6.45) is 9.89. The van der Waals surface area contributed by atoms with E-state index in [1.807, 2.05) is 13.1 Å². The summed E-state index contributed by atoms with van der Waals surface area (Å²) in [6.45, 7) is 3.49. The van der Waals surface area contributed by atoms with Gasteiger partial charge in [-0.3, -0.25) is 9.36 Å². The van der Waals surface area contributed by atoms with Crippen LogP contribution in [0, 0.1) is 11.7 Å². The Balaban J connectivity index is 1.79. The number of imidazole rings is 1. The van der Waals surface area contributed by atoms with Crippen molar-refractivity contribution in [2.75, 3.05) is 0 Å². The lowest BCUT2D eigenvalue weighted by molar-refractivity contribution is 0.531. The second-order valence-corrected chi connectivity index (χ2v) is 6.31. The largest absolute Gasteiger partial charge is 0.335 e. The molecule has 0 aliphatic heterocycles. The molecular weight excluding hydrogens is 296 g/mol. The molecule has 22 heavy (non-hydrogen) atoms. The third-order valence-corrected chi connectivity index (χ3v) is 4.75. The van der Waals surface area contributed by atoms with Gasteiger partial charge in [-0.05, 0) is 51.2 Å². The van der Waals surface area contributed by atoms with E-state index in [0.717, 1.165) is 55.7 Å². The van der Waals surface area contributed by atoms with Crippen molar-refractivity contribution in [3.63, 3.8) is 0 Å². The number of aromatic amines is 1. The molecule has 5 nitrogen and oxygen atoms in total. The number of fused-ring (bicyclic) bond motifs is 1. The van der Waals surface area contributed by atoms with Crippen molar-refractivity contribution in [2.45, 2.75) is 58.5 Å². The summed E-state index contributed by atoms with van der Waals surface area (Å²) in [5.74, 6) is 0.999. The number of nitrogens with one attached hydrogen (secondary N) is 1. The first-order chi connectivity index (χ1) is 10.7. The predicted molar refractivity (Wildman–Crippen MR) is 88.7 cm³/mol. The second-order valence-electron chi connectivity index (χ2n) is 5.93. The van der Waals surface area contributed by atoms with Gasteiger partial charge < -0.3 is 9.55 Å². The van der Waals surface area contributed by atoms with Crippen LogP contribution in [-0.2, 0) is 25.9 Å². The van der Waals surface area contributed by atoms with Gasteiger partial charge in [0.25, 0.3) is 5.56 Å². The van der Waals surface area contributed by atoms with E-state index in [1.54, 1.807) is 10.8 Å². The number of rotatable bonds is 4. The lowest BCUT2D eigenvalue weighted by Crippen LogP contribution is -2.28. The summed E-state index contributed by atoms with van der Waals surface area (Å²) in [7, 11) is 0. The van der Waals surface area contributed by atoms with Crippen LogP contribution in [0.1, 0.15) is 42.8 Å². The van der Waals surface area contributed by atoms with E-state index in [2.05, 4.69) is 14.5 Å². The Morgan fingerprint density at radius 1 is 1.27 bits per heavy atom. The van der Waals surface area contributed by atoms with Gasteiger partial charge in [0, 0.05) is 36.7 Å². The molecule has 1 aliphatic rings. The Hall–Kier alpha value is -1.69. The summed E-state index contributed by atoms with van der Waals surface area (Å²) in [4.78, 5) is 20.2. The molecule has 0 bridgehead atoms. The Bertz CT molecular complexity index is 771. The molecule has 0 saturated carbocycles. The molecule has 3 rings (SSSR count). The van der Waals surface area contributed by atoms with Crippen molar-refractivity contribution in [1.29, 1.82) is 0 Å². The molecule has 0 amide bonds. The normalized spacial score (nSPS) is 14.6. The number of hydrogen-bond acceptors (Lipinski definition) is 3. The summed E-state index contributed by atoms with van der Waals surface area (Å²) >= 11 is 5.40. The average Bonchev–Trinajstić information content (AvgIpc) is 2.75. The Morgan fingerprint density at radius 2 is 2.09 bits per heavy atom. The fourth-order valence-corrected chi connectivity index (χ4v) is 3.45. The molecule has 0 atom stereocenters. The molecule has 1 aliphatic carbocycles. The first-order valence-corrected chi connectivity index (χ1v) is 8.40. The van der Waals surface area contributed by atoms with Crippen molar-refractivity contribution in [1.82, 2.24) is 19.1 Å². The van der Waals surface area contributed by atoms with E-state index >= 15 is 0 Å². The monoisotopic (exact) mass is 318 g/mol. The maximum atomic E-state index is 12.7. The van der Waals surface area contributed by atoms with Crippen LogP contribution < -0.4 is 5.56 Å². The van der Waals surface area contributed by atoms with E-state index in [0.29, 0.717) is 11.3 Å². The van der Waals surface area contributed by atoms with Crippen LogP contribution in [0.4, 0.5) is 0 Å². The summed E-state index contributed by atoms with van der Waals surface area (Å²) in [5, 5.41) is 0. The van der Waals surface area contributed by atoms with E-state index in [1.165, 1.54) is 6.42 Å². The Labute approximate surface area is 135 Å². The highest BCUT2D eigenvalue weighted by molar-refractivity contribution is 7.71.